The van der Waals surface area contributed by atoms with Crippen LogP contribution in [0.4, 0.5) is 0 Å². The molecule has 0 atom stereocenters. The maximum Gasteiger partial charge on any atom is 0.419 e. The summed E-state index contributed by atoms with van der Waals surface area (Å²) in [5, 5.41) is 2.93. The monoisotopic (exact) mass is 382 g/mol. The van der Waals surface area contributed by atoms with Crippen molar-refractivity contribution in [1.29, 1.82) is 0 Å². The minimum absolute atomic E-state index is 0.0373. The Labute approximate surface area is 164 Å². The Morgan fingerprint density at radius 1 is 1.14 bits per heavy atom. The van der Waals surface area contributed by atoms with Gasteiger partial charge in [0, 0.05) is 19.5 Å². The molecule has 0 saturated carbocycles. The van der Waals surface area contributed by atoms with Crippen LogP contribution in [-0.2, 0) is 29.2 Å². The molecule has 0 bridgehead atoms. The number of hydrogen-bond acceptors (Lipinski definition) is 4. The lowest BCUT2D eigenvalue weighted by Crippen LogP contribution is -2.23. The zero-order valence-corrected chi connectivity index (χ0v) is 16.3. The molecule has 6 nitrogen and oxygen atoms in total. The van der Waals surface area contributed by atoms with Gasteiger partial charge in [-0.3, -0.25) is 9.36 Å². The standard InChI is InChI=1S/C22H26N2O4/c1-16(2)27-15-18-8-5-7-17(13-18)14-23-21(25)11-6-12-24-19-9-3-4-10-20(19)28-22(24)26/h3-5,7-10,13,16H,6,11-12,14-15H2,1-2H3,(H,23,25). The number of ether oxygens (including phenoxy) is 1. The normalized spacial score (nSPS) is 11.2. The molecule has 0 radical (unpaired) electrons. The first-order valence-corrected chi connectivity index (χ1v) is 9.57. The first kappa shape index (κ1) is 19.9. The molecule has 3 aromatic rings. The number of hydrogen-bond donors (Lipinski definition) is 1. The molecule has 0 aliphatic carbocycles. The zero-order chi connectivity index (χ0) is 19.9. The van der Waals surface area contributed by atoms with E-state index in [1.54, 1.807) is 10.6 Å². The molecule has 1 N–H and O–H groups in total. The van der Waals surface area contributed by atoms with Gasteiger partial charge in [-0.05, 0) is 43.5 Å². The molecule has 2 aromatic carbocycles. The number of amides is 1. The minimum atomic E-state index is -0.387. The third kappa shape index (κ3) is 5.33. The topological polar surface area (TPSA) is 73.5 Å². The van der Waals surface area contributed by atoms with Gasteiger partial charge in [-0.15, -0.1) is 0 Å². The van der Waals surface area contributed by atoms with Crippen LogP contribution in [0.15, 0.2) is 57.7 Å². The molecule has 1 aromatic heterocycles. The van der Waals surface area contributed by atoms with E-state index in [1.807, 2.05) is 56.3 Å². The van der Waals surface area contributed by atoms with Crippen molar-refractivity contribution in [2.24, 2.45) is 0 Å². The molecule has 6 heteroatoms. The van der Waals surface area contributed by atoms with Gasteiger partial charge < -0.3 is 14.5 Å². The smallest absolute Gasteiger partial charge is 0.408 e. The minimum Gasteiger partial charge on any atom is -0.408 e. The lowest BCUT2D eigenvalue weighted by atomic mass is 10.1. The predicted octanol–water partition coefficient (Wildman–Crippen LogP) is 3.62. The Balaban J connectivity index is 1.46. The first-order valence-electron chi connectivity index (χ1n) is 9.57. The van der Waals surface area contributed by atoms with E-state index >= 15 is 0 Å². The van der Waals surface area contributed by atoms with Crippen molar-refractivity contribution in [3.8, 4) is 0 Å². The van der Waals surface area contributed by atoms with Crippen molar-refractivity contribution >= 4 is 17.0 Å². The Hall–Kier alpha value is -2.86. The SMILES string of the molecule is CC(C)OCc1cccc(CNC(=O)CCCn2c(=O)oc3ccccc32)c1. The fourth-order valence-corrected chi connectivity index (χ4v) is 3.00. The van der Waals surface area contributed by atoms with Gasteiger partial charge in [0.15, 0.2) is 5.58 Å². The second-order valence-electron chi connectivity index (χ2n) is 7.05. The summed E-state index contributed by atoms with van der Waals surface area (Å²) in [7, 11) is 0. The highest BCUT2D eigenvalue weighted by atomic mass is 16.5. The van der Waals surface area contributed by atoms with Gasteiger partial charge >= 0.3 is 5.76 Å². The zero-order valence-electron chi connectivity index (χ0n) is 16.3. The van der Waals surface area contributed by atoms with Gasteiger partial charge in [-0.25, -0.2) is 4.79 Å². The maximum atomic E-state index is 12.1. The van der Waals surface area contributed by atoms with Gasteiger partial charge in [0.1, 0.15) is 0 Å². The highest BCUT2D eigenvalue weighted by molar-refractivity contribution is 5.76. The van der Waals surface area contributed by atoms with Gasteiger partial charge in [0.25, 0.3) is 0 Å². The number of nitrogens with zero attached hydrogens (tertiary/aromatic N) is 1. The van der Waals surface area contributed by atoms with Crippen LogP contribution in [-0.4, -0.2) is 16.6 Å². The molecule has 0 spiro atoms. The number of carbonyl (C=O) groups is 1. The number of para-hydroxylation sites is 2. The summed E-state index contributed by atoms with van der Waals surface area (Å²) in [5.41, 5.74) is 3.45. The predicted molar refractivity (Wildman–Crippen MR) is 108 cm³/mol. The van der Waals surface area contributed by atoms with Crippen LogP contribution >= 0.6 is 0 Å². The molecular formula is C22H26N2O4. The molecule has 0 aliphatic heterocycles. The Kier molecular flexibility index (Phi) is 6.66. The van der Waals surface area contributed by atoms with Crippen LogP contribution in [0.5, 0.6) is 0 Å². The van der Waals surface area contributed by atoms with Gasteiger partial charge in [-0.2, -0.15) is 0 Å². The molecule has 1 heterocycles. The fraction of sp³-hybridized carbons (Fsp3) is 0.364. The summed E-state index contributed by atoms with van der Waals surface area (Å²) in [5.74, 6) is -0.424. The number of oxazole rings is 1. The van der Waals surface area contributed by atoms with Gasteiger partial charge in [0.05, 0.1) is 18.2 Å². The van der Waals surface area contributed by atoms with E-state index in [1.165, 1.54) is 0 Å². The Morgan fingerprint density at radius 2 is 1.93 bits per heavy atom. The van der Waals surface area contributed by atoms with Crippen molar-refractivity contribution in [3.63, 3.8) is 0 Å². The fourth-order valence-electron chi connectivity index (χ4n) is 3.00. The van der Waals surface area contributed by atoms with Crippen LogP contribution in [0.3, 0.4) is 0 Å². The average molecular weight is 382 g/mol. The average Bonchev–Trinajstić information content (AvgIpc) is 3.00. The largest absolute Gasteiger partial charge is 0.419 e. The summed E-state index contributed by atoms with van der Waals surface area (Å²) >= 11 is 0. The molecule has 0 saturated heterocycles. The summed E-state index contributed by atoms with van der Waals surface area (Å²) in [6, 6.07) is 15.3. The second kappa shape index (κ2) is 9.37. The van der Waals surface area contributed by atoms with Crippen molar-refractivity contribution in [1.82, 2.24) is 9.88 Å². The number of rotatable bonds is 9. The maximum absolute atomic E-state index is 12.1. The van der Waals surface area contributed by atoms with Crippen molar-refractivity contribution in [2.45, 2.75) is 52.5 Å². The summed E-state index contributed by atoms with van der Waals surface area (Å²) < 4.78 is 12.4. The number of benzene rings is 2. The first-order chi connectivity index (χ1) is 13.5. The third-order valence-corrected chi connectivity index (χ3v) is 4.42. The molecule has 28 heavy (non-hydrogen) atoms. The number of nitrogens with one attached hydrogen (secondary N) is 1. The molecule has 148 valence electrons. The highest BCUT2D eigenvalue weighted by Crippen LogP contribution is 2.12. The van der Waals surface area contributed by atoms with E-state index in [9.17, 15) is 9.59 Å². The second-order valence-corrected chi connectivity index (χ2v) is 7.05. The van der Waals surface area contributed by atoms with Crippen LogP contribution in [0, 0.1) is 0 Å². The van der Waals surface area contributed by atoms with Crippen molar-refractivity contribution in [3.05, 3.63) is 70.2 Å². The molecule has 1 amide bonds. The van der Waals surface area contributed by atoms with E-state index in [-0.39, 0.29) is 17.8 Å². The van der Waals surface area contributed by atoms with Crippen molar-refractivity contribution < 1.29 is 13.9 Å². The van der Waals surface area contributed by atoms with E-state index in [2.05, 4.69) is 5.32 Å². The third-order valence-electron chi connectivity index (χ3n) is 4.42. The van der Waals surface area contributed by atoms with Crippen LogP contribution in [0.25, 0.3) is 11.1 Å². The lowest BCUT2D eigenvalue weighted by Gasteiger charge is -2.10. The molecule has 0 unspecified atom stereocenters. The number of carbonyl (C=O) groups excluding carboxylic acids is 1. The Bertz CT molecular complexity index is 987. The van der Waals surface area contributed by atoms with E-state index in [0.29, 0.717) is 38.1 Å². The quantitative estimate of drug-likeness (QED) is 0.613. The lowest BCUT2D eigenvalue weighted by molar-refractivity contribution is -0.121. The molecule has 0 aliphatic rings. The summed E-state index contributed by atoms with van der Waals surface area (Å²) in [6.07, 6.45) is 1.10. The van der Waals surface area contributed by atoms with Crippen LogP contribution in [0.2, 0.25) is 0 Å². The number of fused-ring (bicyclic) bond motifs is 1. The highest BCUT2D eigenvalue weighted by Gasteiger charge is 2.09. The van der Waals surface area contributed by atoms with E-state index in [4.69, 9.17) is 9.15 Å². The van der Waals surface area contributed by atoms with Crippen LogP contribution < -0.4 is 11.1 Å². The summed E-state index contributed by atoms with van der Waals surface area (Å²) in [6.45, 7) is 5.50. The summed E-state index contributed by atoms with van der Waals surface area (Å²) in [4.78, 5) is 24.1. The van der Waals surface area contributed by atoms with E-state index < -0.39 is 0 Å². The van der Waals surface area contributed by atoms with Gasteiger partial charge in [0.2, 0.25) is 5.91 Å². The van der Waals surface area contributed by atoms with Crippen LogP contribution in [0.1, 0.15) is 37.8 Å². The van der Waals surface area contributed by atoms with Gasteiger partial charge in [-0.1, -0.05) is 36.4 Å². The van der Waals surface area contributed by atoms with E-state index in [0.717, 1.165) is 16.6 Å². The molecule has 3 rings (SSSR count). The number of aryl methyl sites for hydroxylation is 1. The van der Waals surface area contributed by atoms with Crippen molar-refractivity contribution in [2.75, 3.05) is 0 Å². The molecule has 0 fully saturated rings. The molecular weight excluding hydrogens is 356 g/mol. The Morgan fingerprint density at radius 3 is 2.75 bits per heavy atom. The number of aromatic nitrogens is 1.